The number of H-pyrrole nitrogens is 1. The zero-order valence-corrected chi connectivity index (χ0v) is 8.18. The van der Waals surface area contributed by atoms with Crippen molar-refractivity contribution in [3.8, 4) is 6.07 Å². The molecule has 0 fully saturated rings. The third kappa shape index (κ3) is 1.64. The Kier molecular flexibility index (Phi) is 2.40. The maximum atomic E-state index is 10.6. The standard InChI is InChI=1S/C11H7N3O2/c12-5-1-2-8-7-13-11-4-3-9(14(15)16)6-10(8)11/h1-4,6-7,13H. The fourth-order valence-electron chi connectivity index (χ4n) is 1.51. The van der Waals surface area contributed by atoms with Crippen LogP contribution in [0, 0.1) is 21.4 Å². The van der Waals surface area contributed by atoms with Crippen molar-refractivity contribution in [1.29, 1.82) is 5.26 Å². The van der Waals surface area contributed by atoms with Crippen molar-refractivity contribution in [1.82, 2.24) is 4.98 Å². The van der Waals surface area contributed by atoms with Gasteiger partial charge in [-0.2, -0.15) is 5.26 Å². The van der Waals surface area contributed by atoms with Gasteiger partial charge in [0.25, 0.3) is 5.69 Å². The summed E-state index contributed by atoms with van der Waals surface area (Å²) in [5, 5.41) is 19.8. The molecule has 1 aromatic heterocycles. The number of aromatic nitrogens is 1. The molecule has 1 heterocycles. The highest BCUT2D eigenvalue weighted by Gasteiger charge is 2.08. The van der Waals surface area contributed by atoms with Gasteiger partial charge in [0, 0.05) is 40.9 Å². The topological polar surface area (TPSA) is 82.7 Å². The second-order valence-corrected chi connectivity index (χ2v) is 3.19. The summed E-state index contributed by atoms with van der Waals surface area (Å²) in [5.41, 5.74) is 1.61. The average Bonchev–Trinajstić information content (AvgIpc) is 2.68. The van der Waals surface area contributed by atoms with Crippen molar-refractivity contribution in [3.63, 3.8) is 0 Å². The molecule has 2 rings (SSSR count). The SMILES string of the molecule is N#CC=Cc1c[nH]c2ccc([N+](=O)[O-])cc12. The van der Waals surface area contributed by atoms with Crippen LogP contribution in [0.1, 0.15) is 5.56 Å². The van der Waals surface area contributed by atoms with E-state index in [4.69, 9.17) is 5.26 Å². The summed E-state index contributed by atoms with van der Waals surface area (Å²) >= 11 is 0. The van der Waals surface area contributed by atoms with E-state index >= 15 is 0 Å². The van der Waals surface area contributed by atoms with Crippen molar-refractivity contribution in [2.24, 2.45) is 0 Å². The minimum atomic E-state index is -0.440. The molecule has 0 saturated heterocycles. The van der Waals surface area contributed by atoms with Gasteiger partial charge in [0.05, 0.1) is 11.0 Å². The minimum absolute atomic E-state index is 0.0405. The number of rotatable bonds is 2. The molecule has 0 spiro atoms. The molecular formula is C11H7N3O2. The van der Waals surface area contributed by atoms with E-state index in [1.807, 2.05) is 6.07 Å². The lowest BCUT2D eigenvalue weighted by atomic mass is 10.1. The Morgan fingerprint density at radius 3 is 3.00 bits per heavy atom. The van der Waals surface area contributed by atoms with Gasteiger partial charge in [0.1, 0.15) is 0 Å². The Hall–Kier alpha value is -2.61. The normalized spacial score (nSPS) is 10.7. The van der Waals surface area contributed by atoms with E-state index in [0.29, 0.717) is 0 Å². The maximum Gasteiger partial charge on any atom is 0.270 e. The Balaban J connectivity index is 2.61. The smallest absolute Gasteiger partial charge is 0.270 e. The van der Waals surface area contributed by atoms with Gasteiger partial charge in [-0.05, 0) is 12.1 Å². The number of nitriles is 1. The zero-order chi connectivity index (χ0) is 11.5. The highest BCUT2D eigenvalue weighted by atomic mass is 16.6. The van der Waals surface area contributed by atoms with Crippen LogP contribution in [0.4, 0.5) is 5.69 Å². The van der Waals surface area contributed by atoms with E-state index < -0.39 is 4.92 Å². The number of hydrogen-bond donors (Lipinski definition) is 1. The average molecular weight is 213 g/mol. The van der Waals surface area contributed by atoms with E-state index in [-0.39, 0.29) is 5.69 Å². The highest BCUT2D eigenvalue weighted by molar-refractivity contribution is 5.90. The van der Waals surface area contributed by atoms with Crippen molar-refractivity contribution < 1.29 is 4.92 Å². The molecule has 0 aliphatic heterocycles. The van der Waals surface area contributed by atoms with Gasteiger partial charge in [0.2, 0.25) is 0 Å². The number of benzene rings is 1. The third-order valence-electron chi connectivity index (χ3n) is 2.25. The molecule has 16 heavy (non-hydrogen) atoms. The number of aromatic amines is 1. The summed E-state index contributed by atoms with van der Waals surface area (Å²) in [6.45, 7) is 0. The van der Waals surface area contributed by atoms with Crippen LogP contribution < -0.4 is 0 Å². The van der Waals surface area contributed by atoms with Crippen LogP contribution in [0.2, 0.25) is 0 Å². The fraction of sp³-hybridized carbons (Fsp3) is 0. The molecule has 0 amide bonds. The van der Waals surface area contributed by atoms with Gasteiger partial charge in [0.15, 0.2) is 0 Å². The summed E-state index contributed by atoms with van der Waals surface area (Å²) in [6.07, 6.45) is 4.66. The van der Waals surface area contributed by atoms with Crippen LogP contribution in [0.3, 0.4) is 0 Å². The van der Waals surface area contributed by atoms with Crippen LogP contribution in [-0.4, -0.2) is 9.91 Å². The Morgan fingerprint density at radius 1 is 1.50 bits per heavy atom. The Bertz CT molecular complexity index is 620. The first-order chi connectivity index (χ1) is 7.72. The van der Waals surface area contributed by atoms with Gasteiger partial charge in [-0.15, -0.1) is 0 Å². The maximum absolute atomic E-state index is 10.6. The number of hydrogen-bond acceptors (Lipinski definition) is 3. The lowest BCUT2D eigenvalue weighted by Crippen LogP contribution is -1.86. The number of nitro groups is 1. The van der Waals surface area contributed by atoms with Gasteiger partial charge >= 0.3 is 0 Å². The fourth-order valence-corrected chi connectivity index (χ4v) is 1.51. The molecule has 0 aliphatic carbocycles. The second kappa shape index (κ2) is 3.87. The molecule has 1 N–H and O–H groups in total. The van der Waals surface area contributed by atoms with Crippen molar-refractivity contribution in [2.45, 2.75) is 0 Å². The number of nitrogens with zero attached hydrogens (tertiary/aromatic N) is 2. The van der Waals surface area contributed by atoms with Crippen molar-refractivity contribution in [2.75, 3.05) is 0 Å². The predicted molar refractivity (Wildman–Crippen MR) is 59.6 cm³/mol. The molecule has 0 saturated carbocycles. The zero-order valence-electron chi connectivity index (χ0n) is 8.18. The number of allylic oxidation sites excluding steroid dienone is 1. The van der Waals surface area contributed by atoms with Gasteiger partial charge < -0.3 is 4.98 Å². The van der Waals surface area contributed by atoms with Crippen LogP contribution in [0.15, 0.2) is 30.5 Å². The molecule has 0 atom stereocenters. The molecule has 0 unspecified atom stereocenters. The van der Waals surface area contributed by atoms with E-state index in [0.717, 1.165) is 16.5 Å². The first-order valence-electron chi connectivity index (χ1n) is 4.54. The monoisotopic (exact) mass is 213 g/mol. The highest BCUT2D eigenvalue weighted by Crippen LogP contribution is 2.24. The predicted octanol–water partition coefficient (Wildman–Crippen LogP) is 2.61. The molecule has 5 heteroatoms. The van der Waals surface area contributed by atoms with E-state index in [1.165, 1.54) is 18.2 Å². The second-order valence-electron chi connectivity index (χ2n) is 3.19. The van der Waals surface area contributed by atoms with Gasteiger partial charge in [-0.1, -0.05) is 0 Å². The quantitative estimate of drug-likeness (QED) is 0.472. The van der Waals surface area contributed by atoms with Crippen LogP contribution >= 0.6 is 0 Å². The molecule has 1 aromatic carbocycles. The number of nitro benzene ring substituents is 1. The van der Waals surface area contributed by atoms with Crippen molar-refractivity contribution >= 4 is 22.7 Å². The molecule has 0 aliphatic rings. The van der Waals surface area contributed by atoms with E-state index in [1.54, 1.807) is 18.3 Å². The number of nitrogens with one attached hydrogen (secondary N) is 1. The molecule has 78 valence electrons. The molecule has 2 aromatic rings. The summed E-state index contributed by atoms with van der Waals surface area (Å²) in [6, 6.07) is 6.46. The number of fused-ring (bicyclic) bond motifs is 1. The molecule has 0 radical (unpaired) electrons. The first kappa shape index (κ1) is 9.93. The van der Waals surface area contributed by atoms with Crippen LogP contribution in [0.25, 0.3) is 17.0 Å². The van der Waals surface area contributed by atoms with Gasteiger partial charge in [-0.25, -0.2) is 0 Å². The first-order valence-corrected chi connectivity index (χ1v) is 4.54. The molecule has 5 nitrogen and oxygen atoms in total. The molecule has 0 bridgehead atoms. The lowest BCUT2D eigenvalue weighted by molar-refractivity contribution is -0.384. The van der Waals surface area contributed by atoms with Gasteiger partial charge in [-0.3, -0.25) is 10.1 Å². The van der Waals surface area contributed by atoms with Crippen LogP contribution in [-0.2, 0) is 0 Å². The number of non-ortho nitro benzene ring substituents is 1. The summed E-state index contributed by atoms with van der Waals surface area (Å²) in [5.74, 6) is 0. The molecular weight excluding hydrogens is 206 g/mol. The van der Waals surface area contributed by atoms with Crippen molar-refractivity contribution in [3.05, 3.63) is 46.1 Å². The minimum Gasteiger partial charge on any atom is -0.361 e. The Labute approximate surface area is 90.8 Å². The third-order valence-corrected chi connectivity index (χ3v) is 2.25. The summed E-state index contributed by atoms with van der Waals surface area (Å²) in [4.78, 5) is 13.2. The summed E-state index contributed by atoms with van der Waals surface area (Å²) in [7, 11) is 0. The summed E-state index contributed by atoms with van der Waals surface area (Å²) < 4.78 is 0. The Morgan fingerprint density at radius 2 is 2.31 bits per heavy atom. The largest absolute Gasteiger partial charge is 0.361 e. The van der Waals surface area contributed by atoms with Crippen LogP contribution in [0.5, 0.6) is 0 Å². The van der Waals surface area contributed by atoms with E-state index in [9.17, 15) is 10.1 Å². The lowest BCUT2D eigenvalue weighted by Gasteiger charge is -1.93. The van der Waals surface area contributed by atoms with E-state index in [2.05, 4.69) is 4.98 Å².